The monoisotopic (exact) mass is 199 g/mol. The Morgan fingerprint density at radius 2 is 2.07 bits per heavy atom. The van der Waals surface area contributed by atoms with Crippen molar-refractivity contribution in [2.75, 3.05) is 13.7 Å². The molecule has 3 heteroatoms. The van der Waals surface area contributed by atoms with E-state index in [1.807, 2.05) is 0 Å². The summed E-state index contributed by atoms with van der Waals surface area (Å²) in [6.07, 6.45) is 6.90. The van der Waals surface area contributed by atoms with Gasteiger partial charge in [-0.15, -0.1) is 0 Å². The average molecular weight is 199 g/mol. The average Bonchev–Trinajstić information content (AvgIpc) is 2.68. The van der Waals surface area contributed by atoms with Gasteiger partial charge in [-0.25, -0.2) is 0 Å². The van der Waals surface area contributed by atoms with E-state index >= 15 is 0 Å². The molecule has 14 heavy (non-hydrogen) atoms. The molecule has 0 saturated heterocycles. The molecule has 0 aliphatic heterocycles. The fourth-order valence-electron chi connectivity index (χ4n) is 3.19. The molecular weight excluding hydrogens is 178 g/mol. The second-order valence-electron chi connectivity index (χ2n) is 4.49. The first-order chi connectivity index (χ1) is 6.83. The third kappa shape index (κ3) is 1.47. The van der Waals surface area contributed by atoms with E-state index < -0.39 is 0 Å². The lowest BCUT2D eigenvalue weighted by molar-refractivity contribution is -0.162. The summed E-state index contributed by atoms with van der Waals surface area (Å²) in [5.74, 6) is 0. The molecule has 2 aliphatic carbocycles. The maximum absolute atomic E-state index is 5.80. The second kappa shape index (κ2) is 4.17. The zero-order valence-corrected chi connectivity index (χ0v) is 9.21. The van der Waals surface area contributed by atoms with E-state index in [1.54, 1.807) is 7.11 Å². The molecule has 2 fully saturated rings. The van der Waals surface area contributed by atoms with Crippen LogP contribution in [0.1, 0.15) is 39.0 Å². The topological polar surface area (TPSA) is 30.5 Å². The predicted octanol–water partition coefficient (Wildman–Crippen LogP) is 1.88. The maximum Gasteiger partial charge on any atom is 0.0662 e. The van der Waals surface area contributed by atoms with Crippen molar-refractivity contribution in [3.63, 3.8) is 0 Å². The van der Waals surface area contributed by atoms with E-state index in [1.165, 1.54) is 25.7 Å². The van der Waals surface area contributed by atoms with Crippen molar-refractivity contribution in [2.24, 2.45) is 5.41 Å². The lowest BCUT2D eigenvalue weighted by Crippen LogP contribution is -2.62. The first kappa shape index (κ1) is 10.4. The van der Waals surface area contributed by atoms with E-state index in [4.69, 9.17) is 9.57 Å². The highest BCUT2D eigenvalue weighted by Gasteiger charge is 2.56. The van der Waals surface area contributed by atoms with Crippen LogP contribution in [0, 0.1) is 5.41 Å². The summed E-state index contributed by atoms with van der Waals surface area (Å²) in [4.78, 5) is 5.05. The lowest BCUT2D eigenvalue weighted by Gasteiger charge is -2.53. The largest absolute Gasteiger partial charge is 0.378 e. The van der Waals surface area contributed by atoms with Gasteiger partial charge in [0.05, 0.1) is 13.2 Å². The molecule has 1 spiro atoms. The van der Waals surface area contributed by atoms with E-state index in [-0.39, 0.29) is 0 Å². The Labute approximate surface area is 86.1 Å². The standard InChI is InChI=1S/C11H21NO2/c1-3-14-10-8-9(12-13-2)11(10)6-4-5-7-11/h9-10,12H,3-8H2,1-2H3. The van der Waals surface area contributed by atoms with Crippen LogP contribution in [-0.4, -0.2) is 25.9 Å². The third-order valence-electron chi connectivity index (χ3n) is 3.95. The second-order valence-corrected chi connectivity index (χ2v) is 4.49. The number of ether oxygens (including phenoxy) is 1. The molecular formula is C11H21NO2. The molecule has 1 N–H and O–H groups in total. The smallest absolute Gasteiger partial charge is 0.0662 e. The van der Waals surface area contributed by atoms with Gasteiger partial charge in [-0.05, 0) is 26.2 Å². The Bertz CT molecular complexity index is 176. The fraction of sp³-hybridized carbons (Fsp3) is 1.00. The highest BCUT2D eigenvalue weighted by molar-refractivity contribution is 5.09. The van der Waals surface area contributed by atoms with Crippen molar-refractivity contribution < 1.29 is 9.57 Å². The fourth-order valence-corrected chi connectivity index (χ4v) is 3.19. The highest BCUT2D eigenvalue weighted by atomic mass is 16.6. The summed E-state index contributed by atoms with van der Waals surface area (Å²) in [5.41, 5.74) is 3.52. The van der Waals surface area contributed by atoms with Crippen LogP contribution >= 0.6 is 0 Å². The molecule has 0 aromatic rings. The Morgan fingerprint density at radius 3 is 2.64 bits per heavy atom. The minimum Gasteiger partial charge on any atom is -0.378 e. The Balaban J connectivity index is 1.97. The molecule has 2 unspecified atom stereocenters. The van der Waals surface area contributed by atoms with Crippen molar-refractivity contribution in [3.05, 3.63) is 0 Å². The third-order valence-corrected chi connectivity index (χ3v) is 3.95. The molecule has 2 rings (SSSR count). The van der Waals surface area contributed by atoms with Crippen LogP contribution in [-0.2, 0) is 9.57 Å². The van der Waals surface area contributed by atoms with Gasteiger partial charge in [0, 0.05) is 18.1 Å². The number of rotatable bonds is 4. The van der Waals surface area contributed by atoms with Crippen LogP contribution in [0.3, 0.4) is 0 Å². The van der Waals surface area contributed by atoms with Crippen LogP contribution < -0.4 is 5.48 Å². The molecule has 0 bridgehead atoms. The van der Waals surface area contributed by atoms with Crippen LogP contribution in [0.2, 0.25) is 0 Å². The van der Waals surface area contributed by atoms with Gasteiger partial charge in [-0.2, -0.15) is 5.48 Å². The lowest BCUT2D eigenvalue weighted by atomic mass is 9.61. The maximum atomic E-state index is 5.80. The van der Waals surface area contributed by atoms with Crippen LogP contribution in [0.25, 0.3) is 0 Å². The van der Waals surface area contributed by atoms with Crippen molar-refractivity contribution in [1.29, 1.82) is 0 Å². The number of nitrogens with one attached hydrogen (secondary N) is 1. The number of hydrogen-bond acceptors (Lipinski definition) is 3. The zero-order chi connectivity index (χ0) is 10.0. The predicted molar refractivity (Wildman–Crippen MR) is 54.9 cm³/mol. The van der Waals surface area contributed by atoms with E-state index in [2.05, 4.69) is 12.4 Å². The van der Waals surface area contributed by atoms with E-state index in [0.29, 0.717) is 17.6 Å². The first-order valence-electron chi connectivity index (χ1n) is 5.73. The summed E-state index contributed by atoms with van der Waals surface area (Å²) in [6, 6.07) is 0.520. The molecule has 0 radical (unpaired) electrons. The van der Waals surface area contributed by atoms with Gasteiger partial charge in [-0.3, -0.25) is 0 Å². The van der Waals surface area contributed by atoms with Gasteiger partial charge in [0.2, 0.25) is 0 Å². The van der Waals surface area contributed by atoms with Gasteiger partial charge in [0.25, 0.3) is 0 Å². The first-order valence-corrected chi connectivity index (χ1v) is 5.73. The number of hydroxylamine groups is 1. The molecule has 0 aromatic heterocycles. The van der Waals surface area contributed by atoms with Gasteiger partial charge in [-0.1, -0.05) is 12.8 Å². The summed E-state index contributed by atoms with van der Waals surface area (Å²) < 4.78 is 5.80. The van der Waals surface area contributed by atoms with Crippen molar-refractivity contribution in [2.45, 2.75) is 51.2 Å². The summed E-state index contributed by atoms with van der Waals surface area (Å²) in [6.45, 7) is 2.92. The normalized spacial score (nSPS) is 34.7. The van der Waals surface area contributed by atoms with Crippen molar-refractivity contribution >= 4 is 0 Å². The minimum absolute atomic E-state index is 0.395. The SMILES string of the molecule is CCOC1CC(NOC)C12CCCC2. The Kier molecular flexibility index (Phi) is 3.10. The molecule has 2 saturated carbocycles. The summed E-state index contributed by atoms with van der Waals surface area (Å²) >= 11 is 0. The zero-order valence-electron chi connectivity index (χ0n) is 9.21. The van der Waals surface area contributed by atoms with Gasteiger partial charge in [0.15, 0.2) is 0 Å². The van der Waals surface area contributed by atoms with Gasteiger partial charge >= 0.3 is 0 Å². The van der Waals surface area contributed by atoms with Crippen molar-refractivity contribution in [3.8, 4) is 0 Å². The highest BCUT2D eigenvalue weighted by Crippen LogP contribution is 2.54. The number of hydrogen-bond donors (Lipinski definition) is 1. The molecule has 82 valence electrons. The molecule has 0 aromatic carbocycles. The quantitative estimate of drug-likeness (QED) is 0.701. The molecule has 2 aliphatic rings. The summed E-state index contributed by atoms with van der Waals surface area (Å²) in [5, 5.41) is 0. The molecule has 0 amide bonds. The van der Waals surface area contributed by atoms with E-state index in [0.717, 1.165) is 13.0 Å². The Hall–Kier alpha value is -0.120. The summed E-state index contributed by atoms with van der Waals surface area (Å²) in [7, 11) is 1.71. The molecule has 3 nitrogen and oxygen atoms in total. The van der Waals surface area contributed by atoms with Gasteiger partial charge < -0.3 is 9.57 Å². The van der Waals surface area contributed by atoms with Gasteiger partial charge in [0.1, 0.15) is 0 Å². The molecule has 2 atom stereocenters. The van der Waals surface area contributed by atoms with E-state index in [9.17, 15) is 0 Å². The van der Waals surface area contributed by atoms with Crippen LogP contribution in [0.15, 0.2) is 0 Å². The van der Waals surface area contributed by atoms with Crippen molar-refractivity contribution in [1.82, 2.24) is 5.48 Å². The Morgan fingerprint density at radius 1 is 1.36 bits per heavy atom. The molecule has 0 heterocycles. The van der Waals surface area contributed by atoms with Crippen LogP contribution in [0.5, 0.6) is 0 Å². The van der Waals surface area contributed by atoms with Crippen LogP contribution in [0.4, 0.5) is 0 Å². The minimum atomic E-state index is 0.395.